The molecule has 0 atom stereocenters. The summed E-state index contributed by atoms with van der Waals surface area (Å²) in [5, 5.41) is 4.61. The van der Waals surface area contributed by atoms with Crippen LogP contribution in [-0.2, 0) is 4.79 Å². The first-order valence-corrected chi connectivity index (χ1v) is 9.35. The molecule has 0 unspecified atom stereocenters. The summed E-state index contributed by atoms with van der Waals surface area (Å²) in [6, 6.07) is 1.74. The van der Waals surface area contributed by atoms with Crippen LogP contribution in [0.3, 0.4) is 0 Å². The van der Waals surface area contributed by atoms with Gasteiger partial charge in [-0.3, -0.25) is 4.79 Å². The molecule has 0 spiro atoms. The van der Waals surface area contributed by atoms with Crippen molar-refractivity contribution in [3.63, 3.8) is 0 Å². The zero-order chi connectivity index (χ0) is 16.4. The highest BCUT2D eigenvalue weighted by Gasteiger charge is 2.36. The van der Waals surface area contributed by atoms with Crippen molar-refractivity contribution in [3.8, 4) is 11.6 Å². The molecule has 126 valence electrons. The fourth-order valence-electron chi connectivity index (χ4n) is 3.08. The lowest BCUT2D eigenvalue weighted by molar-refractivity contribution is -0.133. The van der Waals surface area contributed by atoms with Crippen LogP contribution in [0.25, 0.3) is 11.6 Å². The molecule has 1 aliphatic carbocycles. The zero-order valence-electron chi connectivity index (χ0n) is 13.3. The third-order valence-corrected chi connectivity index (χ3v) is 5.89. The molecule has 4 rings (SSSR count). The van der Waals surface area contributed by atoms with E-state index >= 15 is 0 Å². The van der Waals surface area contributed by atoms with E-state index in [4.69, 9.17) is 4.52 Å². The summed E-state index contributed by atoms with van der Waals surface area (Å²) in [4.78, 5) is 26.6. The van der Waals surface area contributed by atoms with Gasteiger partial charge in [0, 0.05) is 30.7 Å². The van der Waals surface area contributed by atoms with Gasteiger partial charge in [0.05, 0.1) is 11.7 Å². The van der Waals surface area contributed by atoms with Crippen LogP contribution in [-0.4, -0.2) is 55.0 Å². The number of rotatable bonds is 5. The summed E-state index contributed by atoms with van der Waals surface area (Å²) in [6.45, 7) is 1.31. The summed E-state index contributed by atoms with van der Waals surface area (Å²) in [5.41, 5.74) is 0. The third-order valence-electron chi connectivity index (χ3n) is 4.54. The monoisotopic (exact) mass is 345 g/mol. The van der Waals surface area contributed by atoms with Crippen molar-refractivity contribution in [2.45, 2.75) is 36.9 Å². The number of thioether (sulfide) groups is 1. The molecular weight excluding hydrogens is 326 g/mol. The average Bonchev–Trinajstić information content (AvgIpc) is 3.24. The molecule has 0 radical (unpaired) electrons. The molecule has 2 aliphatic rings. The molecule has 0 bridgehead atoms. The average molecular weight is 345 g/mol. The van der Waals surface area contributed by atoms with E-state index in [9.17, 15) is 4.79 Å². The fourth-order valence-corrected chi connectivity index (χ4v) is 4.31. The van der Waals surface area contributed by atoms with Gasteiger partial charge in [-0.25, -0.2) is 9.97 Å². The number of hydrogen-bond donors (Lipinski definition) is 0. The quantitative estimate of drug-likeness (QED) is 0.820. The molecule has 2 fully saturated rings. The second-order valence-electron chi connectivity index (χ2n) is 6.24. The van der Waals surface area contributed by atoms with E-state index in [1.165, 1.54) is 25.7 Å². The van der Waals surface area contributed by atoms with Crippen LogP contribution in [0.5, 0.6) is 0 Å². The minimum absolute atomic E-state index is 0.121. The molecule has 3 heterocycles. The fraction of sp³-hybridized carbons (Fsp3) is 0.562. The summed E-state index contributed by atoms with van der Waals surface area (Å²) >= 11 is 1.81. The zero-order valence-corrected chi connectivity index (χ0v) is 14.1. The van der Waals surface area contributed by atoms with Gasteiger partial charge >= 0.3 is 0 Å². The molecule has 1 saturated carbocycles. The Balaban J connectivity index is 1.28. The predicted molar refractivity (Wildman–Crippen MR) is 89.4 cm³/mol. The van der Waals surface area contributed by atoms with Crippen LogP contribution in [0.1, 0.15) is 37.5 Å². The number of carbonyl (C=O) groups excluding carboxylic acids is 1. The van der Waals surface area contributed by atoms with Crippen LogP contribution < -0.4 is 0 Å². The van der Waals surface area contributed by atoms with E-state index < -0.39 is 0 Å². The summed E-state index contributed by atoms with van der Waals surface area (Å²) < 4.78 is 5.31. The second-order valence-corrected chi connectivity index (χ2v) is 7.53. The Morgan fingerprint density at radius 3 is 2.71 bits per heavy atom. The smallest absolute Gasteiger partial charge is 0.240 e. The van der Waals surface area contributed by atoms with Crippen molar-refractivity contribution in [1.29, 1.82) is 0 Å². The van der Waals surface area contributed by atoms with Gasteiger partial charge in [0.15, 0.2) is 0 Å². The minimum atomic E-state index is 0.121. The Labute approximate surface area is 144 Å². The molecule has 2 aromatic rings. The van der Waals surface area contributed by atoms with Crippen LogP contribution in [0.4, 0.5) is 0 Å². The number of aromatic nitrogens is 4. The predicted octanol–water partition coefficient (Wildman–Crippen LogP) is 2.13. The van der Waals surface area contributed by atoms with E-state index in [1.807, 2.05) is 16.7 Å². The number of hydrogen-bond acceptors (Lipinski definition) is 7. The third kappa shape index (κ3) is 3.28. The molecular formula is C16H19N5O2S. The second kappa shape index (κ2) is 6.88. The lowest BCUT2D eigenvalue weighted by atomic mass is 10.0. The maximum absolute atomic E-state index is 12.2. The Bertz CT molecular complexity index is 696. The van der Waals surface area contributed by atoms with Gasteiger partial charge in [0.25, 0.3) is 0 Å². The van der Waals surface area contributed by atoms with Gasteiger partial charge in [-0.1, -0.05) is 18.0 Å². The van der Waals surface area contributed by atoms with Crippen LogP contribution in [0.15, 0.2) is 23.0 Å². The molecule has 0 aromatic carbocycles. The van der Waals surface area contributed by atoms with Crippen molar-refractivity contribution < 1.29 is 9.32 Å². The lowest BCUT2D eigenvalue weighted by Gasteiger charge is -2.37. The SMILES string of the molecule is O=C(CSC1CCCC1)N1CC(c2nc(-c3ncccn3)no2)C1. The van der Waals surface area contributed by atoms with E-state index in [2.05, 4.69) is 20.1 Å². The van der Waals surface area contributed by atoms with Crippen molar-refractivity contribution in [2.75, 3.05) is 18.8 Å². The van der Waals surface area contributed by atoms with Crippen LogP contribution >= 0.6 is 11.8 Å². The lowest BCUT2D eigenvalue weighted by Crippen LogP contribution is -2.49. The van der Waals surface area contributed by atoms with Gasteiger partial charge in [0.2, 0.25) is 23.4 Å². The van der Waals surface area contributed by atoms with Crippen molar-refractivity contribution >= 4 is 17.7 Å². The minimum Gasteiger partial charge on any atom is -0.340 e. The highest BCUT2D eigenvalue weighted by molar-refractivity contribution is 8.00. The number of carbonyl (C=O) groups is 1. The first kappa shape index (κ1) is 15.6. The first-order chi connectivity index (χ1) is 11.8. The van der Waals surface area contributed by atoms with Crippen molar-refractivity contribution in [3.05, 3.63) is 24.4 Å². The van der Waals surface area contributed by atoms with E-state index in [0.717, 1.165) is 0 Å². The summed E-state index contributed by atoms with van der Waals surface area (Å²) in [5.74, 6) is 2.33. The first-order valence-electron chi connectivity index (χ1n) is 8.30. The molecule has 1 saturated heterocycles. The molecule has 1 aliphatic heterocycles. The molecule has 1 amide bonds. The topological polar surface area (TPSA) is 85.0 Å². The van der Waals surface area contributed by atoms with Gasteiger partial charge in [-0.2, -0.15) is 4.98 Å². The van der Waals surface area contributed by atoms with Crippen molar-refractivity contribution in [2.24, 2.45) is 0 Å². The van der Waals surface area contributed by atoms with Gasteiger partial charge in [0.1, 0.15) is 0 Å². The van der Waals surface area contributed by atoms with Crippen LogP contribution in [0, 0.1) is 0 Å². The molecule has 2 aromatic heterocycles. The normalized spacial score (nSPS) is 18.8. The van der Waals surface area contributed by atoms with Gasteiger partial charge in [-0.05, 0) is 18.9 Å². The highest BCUT2D eigenvalue weighted by Crippen LogP contribution is 2.31. The maximum atomic E-state index is 12.2. The Morgan fingerprint density at radius 1 is 1.21 bits per heavy atom. The van der Waals surface area contributed by atoms with E-state index in [-0.39, 0.29) is 11.8 Å². The van der Waals surface area contributed by atoms with Crippen LogP contribution in [0.2, 0.25) is 0 Å². The summed E-state index contributed by atoms with van der Waals surface area (Å²) in [7, 11) is 0. The van der Waals surface area contributed by atoms with Gasteiger partial charge < -0.3 is 9.42 Å². The molecule has 24 heavy (non-hydrogen) atoms. The number of nitrogens with zero attached hydrogens (tertiary/aromatic N) is 5. The standard InChI is InChI=1S/C16H19N5O2S/c22-13(10-24-12-4-1-2-5-12)21-8-11(9-21)16-19-15(20-23-16)14-17-6-3-7-18-14/h3,6-7,11-12H,1-2,4-5,8-10H2. The Kier molecular flexibility index (Phi) is 4.46. The Hall–Kier alpha value is -1.96. The largest absolute Gasteiger partial charge is 0.340 e. The summed E-state index contributed by atoms with van der Waals surface area (Å²) in [6.07, 6.45) is 8.42. The number of likely N-dealkylation sites (tertiary alicyclic amines) is 1. The number of amides is 1. The Morgan fingerprint density at radius 2 is 1.96 bits per heavy atom. The highest BCUT2D eigenvalue weighted by atomic mass is 32.2. The molecule has 7 nitrogen and oxygen atoms in total. The van der Waals surface area contributed by atoms with E-state index in [0.29, 0.717) is 41.6 Å². The maximum Gasteiger partial charge on any atom is 0.240 e. The molecule has 8 heteroatoms. The van der Waals surface area contributed by atoms with E-state index in [1.54, 1.807) is 18.5 Å². The molecule has 0 N–H and O–H groups in total. The van der Waals surface area contributed by atoms with Crippen molar-refractivity contribution in [1.82, 2.24) is 25.0 Å². The van der Waals surface area contributed by atoms with Gasteiger partial charge in [-0.15, -0.1) is 11.8 Å².